The first-order chi connectivity index (χ1) is 9.05. The van der Waals surface area contributed by atoms with E-state index in [0.717, 1.165) is 34.5 Å². The van der Waals surface area contributed by atoms with Crippen LogP contribution < -0.4 is 0 Å². The van der Waals surface area contributed by atoms with Gasteiger partial charge in [-0.25, -0.2) is 13.4 Å². The Balaban J connectivity index is 2.03. The van der Waals surface area contributed by atoms with Crippen molar-refractivity contribution in [3.63, 3.8) is 0 Å². The molecule has 3 rings (SSSR count). The summed E-state index contributed by atoms with van der Waals surface area (Å²) in [5.41, 5.74) is 0.960. The third-order valence-electron chi connectivity index (χ3n) is 3.48. The fourth-order valence-electron chi connectivity index (χ4n) is 2.58. The first-order valence-electron chi connectivity index (χ1n) is 6.38. The van der Waals surface area contributed by atoms with Crippen molar-refractivity contribution < 1.29 is 8.42 Å². The lowest BCUT2D eigenvalue weighted by atomic mass is 10.1. The molecular weight excluding hydrogens is 280 g/mol. The molecule has 1 aromatic carbocycles. The number of hydrogen-bond donors (Lipinski definition) is 0. The predicted octanol–water partition coefficient (Wildman–Crippen LogP) is 2.78. The molecule has 4 nitrogen and oxygen atoms in total. The monoisotopic (exact) mass is 296 g/mol. The molecule has 6 heteroatoms. The van der Waals surface area contributed by atoms with Gasteiger partial charge in [0, 0.05) is 6.54 Å². The molecule has 1 atom stereocenters. The van der Waals surface area contributed by atoms with Crippen LogP contribution >= 0.6 is 11.3 Å². The van der Waals surface area contributed by atoms with E-state index in [4.69, 9.17) is 0 Å². The average molecular weight is 296 g/mol. The van der Waals surface area contributed by atoms with Crippen LogP contribution in [0.15, 0.2) is 24.3 Å². The van der Waals surface area contributed by atoms with E-state index in [1.807, 2.05) is 24.3 Å². The summed E-state index contributed by atoms with van der Waals surface area (Å²) in [4.78, 5) is 4.61. The third-order valence-corrected chi connectivity index (χ3v) is 5.90. The fourth-order valence-corrected chi connectivity index (χ4v) is 4.89. The highest BCUT2D eigenvalue weighted by Crippen LogP contribution is 2.36. The highest BCUT2D eigenvalue weighted by molar-refractivity contribution is 7.88. The van der Waals surface area contributed by atoms with Crippen molar-refractivity contribution in [2.24, 2.45) is 0 Å². The fraction of sp³-hybridized carbons (Fsp3) is 0.462. The van der Waals surface area contributed by atoms with Crippen LogP contribution in [0.3, 0.4) is 0 Å². The summed E-state index contributed by atoms with van der Waals surface area (Å²) in [6, 6.07) is 7.87. The van der Waals surface area contributed by atoms with Crippen LogP contribution in [-0.2, 0) is 10.0 Å². The van der Waals surface area contributed by atoms with Crippen molar-refractivity contribution in [1.82, 2.24) is 9.29 Å². The molecule has 1 aliphatic heterocycles. The normalized spacial score (nSPS) is 21.8. The molecule has 1 unspecified atom stereocenters. The molecule has 2 heterocycles. The topological polar surface area (TPSA) is 50.3 Å². The zero-order valence-corrected chi connectivity index (χ0v) is 12.4. The number of piperidine rings is 1. The summed E-state index contributed by atoms with van der Waals surface area (Å²) in [5, 5.41) is 0.923. The van der Waals surface area contributed by atoms with Gasteiger partial charge in [-0.05, 0) is 25.0 Å². The maximum absolute atomic E-state index is 11.9. The number of benzene rings is 1. The molecule has 0 radical (unpaired) electrons. The zero-order chi connectivity index (χ0) is 13.5. The van der Waals surface area contributed by atoms with Crippen molar-refractivity contribution in [2.75, 3.05) is 12.8 Å². The van der Waals surface area contributed by atoms with E-state index >= 15 is 0 Å². The van der Waals surface area contributed by atoms with Gasteiger partial charge in [-0.15, -0.1) is 11.3 Å². The predicted molar refractivity (Wildman–Crippen MR) is 77.8 cm³/mol. The number of aromatic nitrogens is 1. The molecule has 1 saturated heterocycles. The second-order valence-corrected chi connectivity index (χ2v) is 7.90. The van der Waals surface area contributed by atoms with Gasteiger partial charge in [-0.2, -0.15) is 4.31 Å². The Kier molecular flexibility index (Phi) is 3.32. The van der Waals surface area contributed by atoms with Crippen molar-refractivity contribution in [3.05, 3.63) is 29.3 Å². The van der Waals surface area contributed by atoms with Gasteiger partial charge in [0.05, 0.1) is 22.5 Å². The second kappa shape index (κ2) is 4.85. The van der Waals surface area contributed by atoms with Gasteiger partial charge in [0.25, 0.3) is 0 Å². The first-order valence-corrected chi connectivity index (χ1v) is 9.04. The minimum Gasteiger partial charge on any atom is -0.239 e. The van der Waals surface area contributed by atoms with Crippen molar-refractivity contribution in [2.45, 2.75) is 25.3 Å². The van der Waals surface area contributed by atoms with Crippen molar-refractivity contribution in [3.8, 4) is 0 Å². The molecule has 19 heavy (non-hydrogen) atoms. The smallest absolute Gasteiger partial charge is 0.211 e. The van der Waals surface area contributed by atoms with E-state index in [-0.39, 0.29) is 6.04 Å². The summed E-state index contributed by atoms with van der Waals surface area (Å²) < 4.78 is 26.5. The lowest BCUT2D eigenvalue weighted by molar-refractivity contribution is 0.257. The second-order valence-electron chi connectivity index (χ2n) is 4.91. The van der Waals surface area contributed by atoms with E-state index in [2.05, 4.69) is 4.98 Å². The Morgan fingerprint density at radius 1 is 1.32 bits per heavy atom. The van der Waals surface area contributed by atoms with E-state index in [1.165, 1.54) is 6.26 Å². The van der Waals surface area contributed by atoms with E-state index in [1.54, 1.807) is 15.6 Å². The number of thiazole rings is 1. The van der Waals surface area contributed by atoms with Crippen LogP contribution in [0.5, 0.6) is 0 Å². The highest BCUT2D eigenvalue weighted by Gasteiger charge is 2.32. The van der Waals surface area contributed by atoms with Gasteiger partial charge in [0.15, 0.2) is 0 Å². The molecule has 0 amide bonds. The van der Waals surface area contributed by atoms with Gasteiger partial charge in [0.2, 0.25) is 10.0 Å². The molecule has 2 aromatic rings. The van der Waals surface area contributed by atoms with Crippen LogP contribution in [0.4, 0.5) is 0 Å². The SMILES string of the molecule is CS(=O)(=O)N1CCCCC1c1nc2ccccc2s1. The number of nitrogens with zero attached hydrogens (tertiary/aromatic N) is 2. The van der Waals surface area contributed by atoms with E-state index in [9.17, 15) is 8.42 Å². The molecule has 0 saturated carbocycles. The van der Waals surface area contributed by atoms with Crippen molar-refractivity contribution >= 4 is 31.6 Å². The summed E-state index contributed by atoms with van der Waals surface area (Å²) >= 11 is 1.61. The van der Waals surface area contributed by atoms with Crippen LogP contribution in [0.25, 0.3) is 10.2 Å². The standard InChI is InChI=1S/C13H16N2O2S2/c1-19(16,17)15-9-5-4-7-11(15)13-14-10-6-2-3-8-12(10)18-13/h2-3,6,8,11H,4-5,7,9H2,1H3. The van der Waals surface area contributed by atoms with Crippen molar-refractivity contribution in [1.29, 1.82) is 0 Å². The Labute approximate surface area is 117 Å². The molecule has 1 fully saturated rings. The van der Waals surface area contributed by atoms with E-state index < -0.39 is 10.0 Å². The summed E-state index contributed by atoms with van der Waals surface area (Å²) in [5.74, 6) is 0. The minimum atomic E-state index is -3.16. The largest absolute Gasteiger partial charge is 0.239 e. The molecule has 0 N–H and O–H groups in total. The Bertz CT molecular complexity index is 660. The highest BCUT2D eigenvalue weighted by atomic mass is 32.2. The Morgan fingerprint density at radius 2 is 2.11 bits per heavy atom. The minimum absolute atomic E-state index is 0.0823. The lowest BCUT2D eigenvalue weighted by Crippen LogP contribution is -2.37. The van der Waals surface area contributed by atoms with Gasteiger partial charge in [-0.1, -0.05) is 18.6 Å². The number of para-hydroxylation sites is 1. The molecule has 0 spiro atoms. The van der Waals surface area contributed by atoms with Gasteiger partial charge >= 0.3 is 0 Å². The third kappa shape index (κ3) is 2.52. The molecule has 0 bridgehead atoms. The van der Waals surface area contributed by atoms with Crippen LogP contribution in [0.2, 0.25) is 0 Å². The summed E-state index contributed by atoms with van der Waals surface area (Å²) in [6.45, 7) is 0.611. The maximum Gasteiger partial charge on any atom is 0.211 e. The Hall–Kier alpha value is -0.980. The van der Waals surface area contributed by atoms with Crippen LogP contribution in [0, 0.1) is 0 Å². The summed E-state index contributed by atoms with van der Waals surface area (Å²) in [7, 11) is -3.16. The quantitative estimate of drug-likeness (QED) is 0.856. The number of rotatable bonds is 2. The van der Waals surface area contributed by atoms with Crippen LogP contribution in [0.1, 0.15) is 30.3 Å². The maximum atomic E-state index is 11.9. The molecular formula is C13H16N2O2S2. The number of sulfonamides is 1. The molecule has 102 valence electrons. The number of fused-ring (bicyclic) bond motifs is 1. The lowest BCUT2D eigenvalue weighted by Gasteiger charge is -2.32. The first kappa shape index (κ1) is 13.0. The average Bonchev–Trinajstić information content (AvgIpc) is 2.81. The van der Waals surface area contributed by atoms with Gasteiger partial charge in [-0.3, -0.25) is 0 Å². The van der Waals surface area contributed by atoms with Crippen LogP contribution in [-0.4, -0.2) is 30.5 Å². The van der Waals surface area contributed by atoms with E-state index in [0.29, 0.717) is 6.54 Å². The molecule has 1 aliphatic rings. The number of hydrogen-bond acceptors (Lipinski definition) is 4. The molecule has 1 aromatic heterocycles. The van der Waals surface area contributed by atoms with Gasteiger partial charge in [0.1, 0.15) is 5.01 Å². The zero-order valence-electron chi connectivity index (χ0n) is 10.7. The van der Waals surface area contributed by atoms with Gasteiger partial charge < -0.3 is 0 Å². The molecule has 0 aliphatic carbocycles. The summed E-state index contributed by atoms with van der Waals surface area (Å²) in [6.07, 6.45) is 4.16. The Morgan fingerprint density at radius 3 is 2.84 bits per heavy atom.